The zero-order chi connectivity index (χ0) is 21.1. The number of benzene rings is 2. The van der Waals surface area contributed by atoms with E-state index in [0.717, 1.165) is 16.9 Å². The molecule has 4 N–H and O–H groups in total. The van der Waals surface area contributed by atoms with Crippen molar-refractivity contribution in [3.63, 3.8) is 0 Å². The van der Waals surface area contributed by atoms with Crippen LogP contribution in [0.3, 0.4) is 0 Å². The monoisotopic (exact) mass is 399 g/mol. The number of nitrogens with two attached hydrogens (primary N) is 1. The molecule has 0 bridgehead atoms. The van der Waals surface area contributed by atoms with Crippen molar-refractivity contribution in [2.75, 3.05) is 13.7 Å². The molecule has 0 saturated heterocycles. The number of hydrogen-bond acceptors (Lipinski definition) is 5. The summed E-state index contributed by atoms with van der Waals surface area (Å²) in [5.74, 6) is 0.541. The summed E-state index contributed by atoms with van der Waals surface area (Å²) in [5.41, 5.74) is 7.86. The van der Waals surface area contributed by atoms with Crippen LogP contribution < -0.4 is 21.1 Å². The van der Waals surface area contributed by atoms with Crippen molar-refractivity contribution in [2.45, 2.75) is 38.5 Å². The molecule has 0 aromatic heterocycles. The fraction of sp³-hybridized carbons (Fsp3) is 0.364. The molecule has 0 aliphatic rings. The molecule has 0 heterocycles. The van der Waals surface area contributed by atoms with E-state index >= 15 is 0 Å². The highest BCUT2D eigenvalue weighted by atomic mass is 16.5. The van der Waals surface area contributed by atoms with Gasteiger partial charge in [-0.05, 0) is 43.0 Å². The number of amides is 2. The van der Waals surface area contributed by atoms with Crippen LogP contribution in [0.25, 0.3) is 0 Å². The molecular formula is C22H29N3O4. The van der Waals surface area contributed by atoms with E-state index in [1.54, 1.807) is 7.11 Å². The van der Waals surface area contributed by atoms with Crippen molar-refractivity contribution in [1.29, 1.82) is 0 Å². The van der Waals surface area contributed by atoms with Gasteiger partial charge in [0.1, 0.15) is 12.4 Å². The highest BCUT2D eigenvalue weighted by Crippen LogP contribution is 2.17. The van der Waals surface area contributed by atoms with Gasteiger partial charge in [-0.2, -0.15) is 0 Å². The largest absolute Gasteiger partial charge is 0.497 e. The predicted molar refractivity (Wildman–Crippen MR) is 111 cm³/mol. The fourth-order valence-corrected chi connectivity index (χ4v) is 2.71. The summed E-state index contributed by atoms with van der Waals surface area (Å²) < 4.78 is 10.3. The maximum atomic E-state index is 12.3. The van der Waals surface area contributed by atoms with Crippen molar-refractivity contribution < 1.29 is 19.1 Å². The molecule has 0 unspecified atom stereocenters. The van der Waals surface area contributed by atoms with E-state index < -0.39 is 12.1 Å². The molecule has 0 radical (unpaired) electrons. The summed E-state index contributed by atoms with van der Waals surface area (Å²) in [6, 6.07) is 16.2. The van der Waals surface area contributed by atoms with E-state index in [1.807, 2.05) is 61.5 Å². The topological polar surface area (TPSA) is 103 Å². The lowest BCUT2D eigenvalue weighted by Crippen LogP contribution is -2.42. The predicted octanol–water partition coefficient (Wildman–Crippen LogP) is 2.91. The number of nitrogens with one attached hydrogen (secondary N) is 2. The highest BCUT2D eigenvalue weighted by molar-refractivity contribution is 5.81. The van der Waals surface area contributed by atoms with Crippen molar-refractivity contribution >= 4 is 12.0 Å². The summed E-state index contributed by atoms with van der Waals surface area (Å²) in [6.07, 6.45) is 0.548. The summed E-state index contributed by atoms with van der Waals surface area (Å²) in [7, 11) is 1.61. The highest BCUT2D eigenvalue weighted by Gasteiger charge is 2.16. The standard InChI is InChI=1S/C22H29N3O4/c1-16(18-10-12-19(28-2)13-11-18)25-21(26)20(23)9-6-14-24-22(27)29-15-17-7-4-3-5-8-17/h3-5,7-8,10-13,16,20H,6,9,14-15,23H2,1-2H3,(H,24,27)(H,25,26)/t16-,20+/m1/s1. The molecule has 7 heteroatoms. The number of hydrogen-bond donors (Lipinski definition) is 3. The maximum absolute atomic E-state index is 12.3. The first kappa shape index (κ1) is 22.2. The van der Waals surface area contributed by atoms with E-state index in [0.29, 0.717) is 19.4 Å². The van der Waals surface area contributed by atoms with Gasteiger partial charge in [0, 0.05) is 6.54 Å². The van der Waals surface area contributed by atoms with Crippen LogP contribution in [-0.2, 0) is 16.1 Å². The molecule has 2 aromatic rings. The average molecular weight is 399 g/mol. The summed E-state index contributed by atoms with van der Waals surface area (Å²) >= 11 is 0. The number of rotatable bonds is 10. The Balaban J connectivity index is 1.62. The first-order valence-electron chi connectivity index (χ1n) is 9.64. The minimum absolute atomic E-state index is 0.162. The van der Waals surface area contributed by atoms with Gasteiger partial charge in [0.05, 0.1) is 19.2 Å². The molecule has 29 heavy (non-hydrogen) atoms. The quantitative estimate of drug-likeness (QED) is 0.533. The van der Waals surface area contributed by atoms with Gasteiger partial charge in [0.2, 0.25) is 5.91 Å². The Morgan fingerprint density at radius 1 is 1.07 bits per heavy atom. The minimum atomic E-state index is -0.641. The smallest absolute Gasteiger partial charge is 0.407 e. The number of carbonyl (C=O) groups excluding carboxylic acids is 2. The Bertz CT molecular complexity index is 765. The SMILES string of the molecule is COc1ccc([C@@H](C)NC(=O)[C@@H](N)CCCNC(=O)OCc2ccccc2)cc1. The Labute approximate surface area is 171 Å². The molecule has 2 aromatic carbocycles. The van der Waals surface area contributed by atoms with Crippen LogP contribution in [0, 0.1) is 0 Å². The van der Waals surface area contributed by atoms with Crippen molar-refractivity contribution in [1.82, 2.24) is 10.6 Å². The third-order valence-corrected chi connectivity index (χ3v) is 4.49. The molecular weight excluding hydrogens is 370 g/mol. The molecule has 0 saturated carbocycles. The molecule has 2 amide bonds. The molecule has 2 rings (SSSR count). The van der Waals surface area contributed by atoms with Crippen LogP contribution in [0.5, 0.6) is 5.75 Å². The van der Waals surface area contributed by atoms with Crippen LogP contribution in [0.2, 0.25) is 0 Å². The zero-order valence-corrected chi connectivity index (χ0v) is 16.9. The summed E-state index contributed by atoms with van der Waals surface area (Å²) in [6.45, 7) is 2.51. The van der Waals surface area contributed by atoms with Gasteiger partial charge in [-0.15, -0.1) is 0 Å². The van der Waals surface area contributed by atoms with Gasteiger partial charge in [0.15, 0.2) is 0 Å². The van der Waals surface area contributed by atoms with Crippen LogP contribution in [-0.4, -0.2) is 31.7 Å². The third kappa shape index (κ3) is 7.83. The van der Waals surface area contributed by atoms with Gasteiger partial charge < -0.3 is 25.8 Å². The van der Waals surface area contributed by atoms with Gasteiger partial charge in [0.25, 0.3) is 0 Å². The first-order valence-corrected chi connectivity index (χ1v) is 9.64. The maximum Gasteiger partial charge on any atom is 0.407 e. The Morgan fingerprint density at radius 3 is 2.41 bits per heavy atom. The number of methoxy groups -OCH3 is 1. The fourth-order valence-electron chi connectivity index (χ4n) is 2.71. The first-order chi connectivity index (χ1) is 14.0. The minimum Gasteiger partial charge on any atom is -0.497 e. The normalized spacial score (nSPS) is 12.5. The van der Waals surface area contributed by atoms with Crippen molar-refractivity contribution in [3.05, 3.63) is 65.7 Å². The number of ether oxygens (including phenoxy) is 2. The summed E-state index contributed by atoms with van der Waals surface area (Å²) in [4.78, 5) is 24.0. The lowest BCUT2D eigenvalue weighted by atomic mass is 10.1. The van der Waals surface area contributed by atoms with Crippen molar-refractivity contribution in [2.24, 2.45) is 5.73 Å². The van der Waals surface area contributed by atoms with Gasteiger partial charge in [-0.25, -0.2) is 4.79 Å². The molecule has 0 aliphatic carbocycles. The molecule has 0 aliphatic heterocycles. The second kappa shape index (κ2) is 11.7. The van der Waals surface area contributed by atoms with Crippen LogP contribution in [0.15, 0.2) is 54.6 Å². The third-order valence-electron chi connectivity index (χ3n) is 4.49. The summed E-state index contributed by atoms with van der Waals surface area (Å²) in [5, 5.41) is 5.57. The second-order valence-electron chi connectivity index (χ2n) is 6.74. The number of carbonyl (C=O) groups is 2. The van der Waals surface area contributed by atoms with Crippen molar-refractivity contribution in [3.8, 4) is 5.75 Å². The second-order valence-corrected chi connectivity index (χ2v) is 6.74. The van der Waals surface area contributed by atoms with Gasteiger partial charge in [-0.1, -0.05) is 42.5 Å². The Kier molecular flexibility index (Phi) is 8.98. The zero-order valence-electron chi connectivity index (χ0n) is 16.9. The Hall–Kier alpha value is -3.06. The molecule has 2 atom stereocenters. The van der Waals surface area contributed by atoms with Crippen LogP contribution >= 0.6 is 0 Å². The van der Waals surface area contributed by atoms with E-state index in [9.17, 15) is 9.59 Å². The molecule has 156 valence electrons. The molecule has 0 spiro atoms. The van der Waals surface area contributed by atoms with Gasteiger partial charge in [-0.3, -0.25) is 4.79 Å². The van der Waals surface area contributed by atoms with Gasteiger partial charge >= 0.3 is 6.09 Å². The average Bonchev–Trinajstić information content (AvgIpc) is 2.75. The number of alkyl carbamates (subject to hydrolysis) is 1. The molecule has 0 fully saturated rings. The van der Waals surface area contributed by atoms with E-state index in [4.69, 9.17) is 15.2 Å². The van der Waals surface area contributed by atoms with E-state index in [-0.39, 0.29) is 18.6 Å². The van der Waals surface area contributed by atoms with Crippen LogP contribution in [0.1, 0.15) is 36.9 Å². The lowest BCUT2D eigenvalue weighted by molar-refractivity contribution is -0.123. The Morgan fingerprint density at radius 2 is 1.76 bits per heavy atom. The lowest BCUT2D eigenvalue weighted by Gasteiger charge is -2.18. The van der Waals surface area contributed by atoms with E-state index in [2.05, 4.69) is 10.6 Å². The van der Waals surface area contributed by atoms with E-state index in [1.165, 1.54) is 0 Å². The molecule has 7 nitrogen and oxygen atoms in total. The van der Waals surface area contributed by atoms with Crippen LogP contribution in [0.4, 0.5) is 4.79 Å².